The quantitative estimate of drug-likeness (QED) is 0.527. The maximum Gasteiger partial charge on any atom is 0.253 e. The molecule has 1 saturated heterocycles. The zero-order valence-corrected chi connectivity index (χ0v) is 21.5. The van der Waals surface area contributed by atoms with Gasteiger partial charge in [-0.3, -0.25) is 9.59 Å². The average molecular weight is 486 g/mol. The molecule has 4 bridgehead atoms. The second kappa shape index (κ2) is 9.57. The first-order valence-corrected chi connectivity index (χ1v) is 14.0. The molecule has 5 aliphatic rings. The van der Waals surface area contributed by atoms with Crippen LogP contribution in [-0.4, -0.2) is 24.9 Å². The molecule has 2 amide bonds. The summed E-state index contributed by atoms with van der Waals surface area (Å²) in [5.74, 6) is 2.99. The van der Waals surface area contributed by atoms with Crippen molar-refractivity contribution in [2.75, 3.05) is 23.3 Å². The molecule has 4 aliphatic carbocycles. The lowest BCUT2D eigenvalue weighted by atomic mass is 9.49. The Kier molecular flexibility index (Phi) is 6.27. The van der Waals surface area contributed by atoms with Gasteiger partial charge in [0.25, 0.3) is 5.91 Å². The first-order valence-electron chi connectivity index (χ1n) is 14.0. The van der Waals surface area contributed by atoms with Gasteiger partial charge in [-0.2, -0.15) is 0 Å². The summed E-state index contributed by atoms with van der Waals surface area (Å²) in [7, 11) is 0. The average Bonchev–Trinajstić information content (AvgIpc) is 2.88. The minimum absolute atomic E-state index is 0.0848. The highest BCUT2D eigenvalue weighted by Crippen LogP contribution is 2.60. The van der Waals surface area contributed by atoms with Gasteiger partial charge >= 0.3 is 0 Å². The number of nitrogens with zero attached hydrogens (tertiary/aromatic N) is 1. The van der Waals surface area contributed by atoms with Gasteiger partial charge in [0.15, 0.2) is 0 Å². The van der Waals surface area contributed by atoms with Gasteiger partial charge in [0.1, 0.15) is 0 Å². The van der Waals surface area contributed by atoms with E-state index in [0.717, 1.165) is 85.8 Å². The van der Waals surface area contributed by atoms with Crippen LogP contribution in [0.4, 0.5) is 11.4 Å². The summed E-state index contributed by atoms with van der Waals surface area (Å²) in [6, 6.07) is 16.0. The molecule has 2 N–H and O–H groups in total. The third kappa shape index (κ3) is 4.65. The van der Waals surface area contributed by atoms with Crippen LogP contribution in [0.1, 0.15) is 74.2 Å². The smallest absolute Gasteiger partial charge is 0.253 e. The number of rotatable bonds is 6. The molecule has 0 unspecified atom stereocenters. The summed E-state index contributed by atoms with van der Waals surface area (Å²) >= 11 is 0. The van der Waals surface area contributed by atoms with E-state index in [4.69, 9.17) is 0 Å². The maximum absolute atomic E-state index is 13.7. The van der Waals surface area contributed by atoms with E-state index in [1.54, 1.807) is 0 Å². The molecule has 5 nitrogen and oxygen atoms in total. The molecule has 0 atom stereocenters. The van der Waals surface area contributed by atoms with Gasteiger partial charge in [0.2, 0.25) is 5.91 Å². The van der Waals surface area contributed by atoms with E-state index in [0.29, 0.717) is 12.1 Å². The van der Waals surface area contributed by atoms with E-state index in [2.05, 4.69) is 22.5 Å². The lowest BCUT2D eigenvalue weighted by Gasteiger charge is -2.55. The Morgan fingerprint density at radius 3 is 2.19 bits per heavy atom. The van der Waals surface area contributed by atoms with E-state index in [1.807, 2.05) is 48.5 Å². The molecule has 2 aromatic carbocycles. The highest BCUT2D eigenvalue weighted by atomic mass is 16.2. The Morgan fingerprint density at radius 2 is 1.56 bits per heavy atom. The summed E-state index contributed by atoms with van der Waals surface area (Å²) in [5.41, 5.74) is 3.25. The van der Waals surface area contributed by atoms with Gasteiger partial charge in [-0.15, -0.1) is 0 Å². The highest BCUT2D eigenvalue weighted by Gasteiger charge is 2.54. The molecule has 5 fully saturated rings. The number of carbonyl (C=O) groups is 2. The van der Waals surface area contributed by atoms with Crippen molar-refractivity contribution in [2.45, 2.75) is 64.8 Å². The number of hydrogen-bond donors (Lipinski definition) is 2. The second-order valence-corrected chi connectivity index (χ2v) is 12.2. The molecule has 190 valence electrons. The minimum Gasteiger partial charge on any atom is -0.371 e. The van der Waals surface area contributed by atoms with Crippen LogP contribution in [0.15, 0.2) is 48.5 Å². The van der Waals surface area contributed by atoms with Crippen molar-refractivity contribution >= 4 is 23.2 Å². The van der Waals surface area contributed by atoms with Crippen molar-refractivity contribution < 1.29 is 9.59 Å². The van der Waals surface area contributed by atoms with E-state index < -0.39 is 0 Å². The van der Waals surface area contributed by atoms with Crippen LogP contribution in [-0.2, 0) is 11.3 Å². The van der Waals surface area contributed by atoms with Crippen molar-refractivity contribution in [3.63, 3.8) is 0 Å². The van der Waals surface area contributed by atoms with Gasteiger partial charge in [0, 0.05) is 31.0 Å². The van der Waals surface area contributed by atoms with Gasteiger partial charge < -0.3 is 15.5 Å². The van der Waals surface area contributed by atoms with E-state index in [1.165, 1.54) is 19.3 Å². The van der Waals surface area contributed by atoms with Gasteiger partial charge in [-0.25, -0.2) is 0 Å². The molecule has 0 spiro atoms. The van der Waals surface area contributed by atoms with Crippen LogP contribution >= 0.6 is 0 Å². The predicted molar refractivity (Wildman–Crippen MR) is 144 cm³/mol. The number of amides is 2. The van der Waals surface area contributed by atoms with Crippen molar-refractivity contribution in [1.29, 1.82) is 0 Å². The summed E-state index contributed by atoms with van der Waals surface area (Å²) in [6.45, 7) is 4.70. The first-order chi connectivity index (χ1) is 17.5. The van der Waals surface area contributed by atoms with Crippen molar-refractivity contribution in [3.05, 3.63) is 59.7 Å². The Balaban J connectivity index is 1.23. The Hall–Kier alpha value is -2.82. The van der Waals surface area contributed by atoms with Gasteiger partial charge in [-0.05, 0) is 98.8 Å². The summed E-state index contributed by atoms with van der Waals surface area (Å²) in [5, 5.41) is 6.38. The third-order valence-electron chi connectivity index (χ3n) is 9.44. The van der Waals surface area contributed by atoms with E-state index in [-0.39, 0.29) is 17.2 Å². The van der Waals surface area contributed by atoms with Crippen LogP contribution in [0.3, 0.4) is 0 Å². The molecule has 7 rings (SSSR count). The molecule has 5 heteroatoms. The van der Waals surface area contributed by atoms with Crippen molar-refractivity contribution in [2.24, 2.45) is 29.1 Å². The SMILES string of the molecule is CC1CCN(c2ccc(NC(=O)C34CC5CC(CC(C5)C3)C4)cc2C(=O)NCc2ccccc2)CC1. The molecule has 36 heavy (non-hydrogen) atoms. The van der Waals surface area contributed by atoms with Crippen LogP contribution in [0.5, 0.6) is 0 Å². The largest absolute Gasteiger partial charge is 0.371 e. The lowest BCUT2D eigenvalue weighted by molar-refractivity contribution is -0.140. The van der Waals surface area contributed by atoms with Gasteiger partial charge in [-0.1, -0.05) is 37.3 Å². The summed E-state index contributed by atoms with van der Waals surface area (Å²) < 4.78 is 0. The van der Waals surface area contributed by atoms with Crippen LogP contribution in [0, 0.1) is 29.1 Å². The number of nitrogens with one attached hydrogen (secondary N) is 2. The zero-order valence-electron chi connectivity index (χ0n) is 21.5. The predicted octanol–water partition coefficient (Wildman–Crippen LogP) is 6.01. The molecule has 1 aliphatic heterocycles. The van der Waals surface area contributed by atoms with Crippen LogP contribution in [0.2, 0.25) is 0 Å². The first kappa shape index (κ1) is 23.6. The summed E-state index contributed by atoms with van der Waals surface area (Å²) in [4.78, 5) is 29.4. The molecule has 1 heterocycles. The van der Waals surface area contributed by atoms with E-state index in [9.17, 15) is 9.59 Å². The molecular weight excluding hydrogens is 446 g/mol. The van der Waals surface area contributed by atoms with Crippen molar-refractivity contribution in [1.82, 2.24) is 5.32 Å². The summed E-state index contributed by atoms with van der Waals surface area (Å²) in [6.07, 6.45) is 9.35. The fourth-order valence-corrected chi connectivity index (χ4v) is 7.85. The maximum atomic E-state index is 13.7. The number of carbonyl (C=O) groups excluding carboxylic acids is 2. The monoisotopic (exact) mass is 485 g/mol. The zero-order chi connectivity index (χ0) is 24.7. The molecule has 0 aromatic heterocycles. The Bertz CT molecular complexity index is 1080. The lowest BCUT2D eigenvalue weighted by Crippen LogP contribution is -2.51. The standard InChI is InChI=1S/C31H39N3O2/c1-21-9-11-34(12-10-21)28-8-7-26(16-27(28)29(35)32-20-22-5-3-2-4-6-22)33-30(36)31-17-23-13-24(18-31)15-25(14-23)19-31/h2-8,16,21,23-25H,9-15,17-20H2,1H3,(H,32,35)(H,33,36). The number of benzene rings is 2. The number of anilines is 2. The Morgan fingerprint density at radius 1 is 0.917 bits per heavy atom. The third-order valence-corrected chi connectivity index (χ3v) is 9.44. The molecule has 0 radical (unpaired) electrons. The molecular formula is C31H39N3O2. The Labute approximate surface area is 215 Å². The van der Waals surface area contributed by atoms with Gasteiger partial charge in [0.05, 0.1) is 11.0 Å². The normalized spacial score (nSPS) is 29.2. The molecule has 2 aromatic rings. The highest BCUT2D eigenvalue weighted by molar-refractivity contribution is 6.02. The number of piperidine rings is 1. The fraction of sp³-hybridized carbons (Fsp3) is 0.548. The topological polar surface area (TPSA) is 61.4 Å². The minimum atomic E-state index is -0.202. The van der Waals surface area contributed by atoms with Crippen LogP contribution < -0.4 is 15.5 Å². The number of hydrogen-bond acceptors (Lipinski definition) is 3. The second-order valence-electron chi connectivity index (χ2n) is 12.2. The van der Waals surface area contributed by atoms with E-state index >= 15 is 0 Å². The molecule has 4 saturated carbocycles. The fourth-order valence-electron chi connectivity index (χ4n) is 7.85. The van der Waals surface area contributed by atoms with Crippen molar-refractivity contribution in [3.8, 4) is 0 Å². The van der Waals surface area contributed by atoms with Crippen LogP contribution in [0.25, 0.3) is 0 Å².